The number of nitrogens with one attached hydrogen (secondary N) is 1. The number of hydrogen-bond acceptors (Lipinski definition) is 4. The molecule has 0 aliphatic carbocycles. The van der Waals surface area contributed by atoms with Crippen LogP contribution in [-0.2, 0) is 11.3 Å². The maximum absolute atomic E-state index is 12.0. The fraction of sp³-hybridized carbons (Fsp3) is 0.182. The molecule has 0 aliphatic heterocycles. The molecular formula is C22H23N3O2. The highest BCUT2D eigenvalue weighted by Gasteiger charge is 2.06. The van der Waals surface area contributed by atoms with Gasteiger partial charge < -0.3 is 15.0 Å². The van der Waals surface area contributed by atoms with Crippen LogP contribution in [0, 0.1) is 0 Å². The number of amides is 1. The zero-order valence-electron chi connectivity index (χ0n) is 15.3. The van der Waals surface area contributed by atoms with Crippen molar-refractivity contribution in [1.82, 2.24) is 4.98 Å². The van der Waals surface area contributed by atoms with E-state index in [2.05, 4.69) is 27.3 Å². The second-order valence-electron chi connectivity index (χ2n) is 6.20. The second-order valence-corrected chi connectivity index (χ2v) is 6.20. The number of ether oxygens (including phenoxy) is 1. The summed E-state index contributed by atoms with van der Waals surface area (Å²) in [6.07, 6.45) is 2.03. The van der Waals surface area contributed by atoms with E-state index in [9.17, 15) is 4.79 Å². The van der Waals surface area contributed by atoms with Gasteiger partial charge in [-0.25, -0.2) is 4.98 Å². The van der Waals surface area contributed by atoms with Gasteiger partial charge in [-0.1, -0.05) is 48.5 Å². The Morgan fingerprint density at radius 1 is 1.00 bits per heavy atom. The number of para-hydroxylation sites is 1. The zero-order chi connectivity index (χ0) is 18.9. The Hall–Kier alpha value is -3.34. The van der Waals surface area contributed by atoms with E-state index < -0.39 is 0 Å². The molecule has 0 saturated heterocycles. The third-order valence-electron chi connectivity index (χ3n) is 4.06. The highest BCUT2D eigenvalue weighted by atomic mass is 16.5. The molecule has 0 bridgehead atoms. The predicted molar refractivity (Wildman–Crippen MR) is 108 cm³/mol. The van der Waals surface area contributed by atoms with Gasteiger partial charge in [0.15, 0.2) is 0 Å². The van der Waals surface area contributed by atoms with Crippen LogP contribution in [-0.4, -0.2) is 24.5 Å². The molecule has 2 aromatic carbocycles. The molecule has 0 radical (unpaired) electrons. The van der Waals surface area contributed by atoms with E-state index in [1.54, 1.807) is 6.20 Å². The SMILES string of the molecule is CN(Cc1ccccc1)c1ccc(NC(=O)CCOc2ccccc2)nc1. The van der Waals surface area contributed by atoms with E-state index in [0.29, 0.717) is 12.4 Å². The average Bonchev–Trinajstić information content (AvgIpc) is 2.70. The number of nitrogens with zero attached hydrogens (tertiary/aromatic N) is 2. The van der Waals surface area contributed by atoms with Gasteiger partial charge in [-0.2, -0.15) is 0 Å². The first-order valence-electron chi connectivity index (χ1n) is 8.89. The van der Waals surface area contributed by atoms with Gasteiger partial charge in [-0.3, -0.25) is 4.79 Å². The molecule has 3 rings (SSSR count). The molecule has 5 nitrogen and oxygen atoms in total. The van der Waals surface area contributed by atoms with E-state index in [-0.39, 0.29) is 12.3 Å². The molecular weight excluding hydrogens is 338 g/mol. The first-order chi connectivity index (χ1) is 13.2. The smallest absolute Gasteiger partial charge is 0.228 e. The second kappa shape index (κ2) is 9.38. The molecule has 0 spiro atoms. The van der Waals surface area contributed by atoms with Gasteiger partial charge >= 0.3 is 0 Å². The summed E-state index contributed by atoms with van der Waals surface area (Å²) < 4.78 is 5.53. The molecule has 5 heteroatoms. The summed E-state index contributed by atoms with van der Waals surface area (Å²) in [6, 6.07) is 23.5. The van der Waals surface area contributed by atoms with Crippen molar-refractivity contribution in [2.45, 2.75) is 13.0 Å². The summed E-state index contributed by atoms with van der Waals surface area (Å²) in [5.74, 6) is 1.18. The van der Waals surface area contributed by atoms with Crippen molar-refractivity contribution in [3.63, 3.8) is 0 Å². The number of anilines is 2. The summed E-state index contributed by atoms with van der Waals surface area (Å²) in [5.41, 5.74) is 2.22. The first kappa shape index (κ1) is 18.5. The van der Waals surface area contributed by atoms with E-state index in [1.807, 2.05) is 67.7 Å². The van der Waals surface area contributed by atoms with Crippen LogP contribution in [0.4, 0.5) is 11.5 Å². The van der Waals surface area contributed by atoms with Crippen LogP contribution < -0.4 is 15.0 Å². The molecule has 0 unspecified atom stereocenters. The quantitative estimate of drug-likeness (QED) is 0.656. The van der Waals surface area contributed by atoms with Crippen LogP contribution in [0.25, 0.3) is 0 Å². The Bertz CT molecular complexity index is 836. The van der Waals surface area contributed by atoms with E-state index in [1.165, 1.54) is 5.56 Å². The lowest BCUT2D eigenvalue weighted by atomic mass is 10.2. The first-order valence-corrected chi connectivity index (χ1v) is 8.89. The molecule has 1 N–H and O–H groups in total. The third-order valence-corrected chi connectivity index (χ3v) is 4.06. The van der Waals surface area contributed by atoms with E-state index in [0.717, 1.165) is 18.0 Å². The lowest BCUT2D eigenvalue weighted by Gasteiger charge is -2.19. The maximum Gasteiger partial charge on any atom is 0.228 e. The number of carbonyl (C=O) groups is 1. The van der Waals surface area contributed by atoms with Crippen LogP contribution in [0.15, 0.2) is 79.0 Å². The summed E-state index contributed by atoms with van der Waals surface area (Å²) in [7, 11) is 2.02. The van der Waals surface area contributed by atoms with Gasteiger partial charge in [0.25, 0.3) is 0 Å². The Balaban J connectivity index is 1.46. The highest BCUT2D eigenvalue weighted by molar-refractivity contribution is 5.89. The Labute approximate surface area is 159 Å². The van der Waals surface area contributed by atoms with Gasteiger partial charge in [0.2, 0.25) is 5.91 Å². The van der Waals surface area contributed by atoms with Crippen molar-refractivity contribution in [3.05, 3.63) is 84.6 Å². The molecule has 3 aromatic rings. The topological polar surface area (TPSA) is 54.5 Å². The summed E-state index contributed by atoms with van der Waals surface area (Å²) in [4.78, 5) is 18.5. The minimum atomic E-state index is -0.121. The molecule has 1 amide bonds. The number of pyridine rings is 1. The summed E-state index contributed by atoms with van der Waals surface area (Å²) >= 11 is 0. The number of carbonyl (C=O) groups excluding carboxylic acids is 1. The monoisotopic (exact) mass is 361 g/mol. The average molecular weight is 361 g/mol. The normalized spacial score (nSPS) is 10.3. The lowest BCUT2D eigenvalue weighted by Crippen LogP contribution is -2.18. The van der Waals surface area contributed by atoms with Gasteiger partial charge in [0.05, 0.1) is 24.9 Å². The largest absolute Gasteiger partial charge is 0.493 e. The van der Waals surface area contributed by atoms with E-state index >= 15 is 0 Å². The number of benzene rings is 2. The van der Waals surface area contributed by atoms with Crippen molar-refractivity contribution in [2.75, 3.05) is 23.9 Å². The standard InChI is InChI=1S/C22H23N3O2/c1-25(17-18-8-4-2-5-9-18)19-12-13-21(23-16-19)24-22(26)14-15-27-20-10-6-3-7-11-20/h2-13,16H,14-15,17H2,1H3,(H,23,24,26). The van der Waals surface area contributed by atoms with Gasteiger partial charge in [0.1, 0.15) is 11.6 Å². The van der Waals surface area contributed by atoms with Crippen LogP contribution in [0.1, 0.15) is 12.0 Å². The highest BCUT2D eigenvalue weighted by Crippen LogP contribution is 2.16. The molecule has 1 aromatic heterocycles. The maximum atomic E-state index is 12.0. The molecule has 0 saturated carbocycles. The Morgan fingerprint density at radius 2 is 1.70 bits per heavy atom. The molecule has 1 heterocycles. The van der Waals surface area contributed by atoms with Crippen LogP contribution in [0.3, 0.4) is 0 Å². The summed E-state index contributed by atoms with van der Waals surface area (Å²) in [5, 5.41) is 2.80. The minimum Gasteiger partial charge on any atom is -0.493 e. The van der Waals surface area contributed by atoms with Crippen LogP contribution >= 0.6 is 0 Å². The molecule has 138 valence electrons. The van der Waals surface area contributed by atoms with Crippen LogP contribution in [0.5, 0.6) is 5.75 Å². The van der Waals surface area contributed by atoms with Gasteiger partial charge in [-0.15, -0.1) is 0 Å². The van der Waals surface area contributed by atoms with Crippen molar-refractivity contribution >= 4 is 17.4 Å². The fourth-order valence-electron chi connectivity index (χ4n) is 2.62. The number of rotatable bonds is 8. The Kier molecular flexibility index (Phi) is 6.41. The number of aromatic nitrogens is 1. The molecule has 27 heavy (non-hydrogen) atoms. The Morgan fingerprint density at radius 3 is 2.37 bits per heavy atom. The zero-order valence-corrected chi connectivity index (χ0v) is 15.3. The molecule has 0 atom stereocenters. The third kappa shape index (κ3) is 5.85. The predicted octanol–water partition coefficient (Wildman–Crippen LogP) is 4.13. The summed E-state index contributed by atoms with van der Waals surface area (Å²) in [6.45, 7) is 1.12. The fourth-order valence-corrected chi connectivity index (χ4v) is 2.62. The van der Waals surface area contributed by atoms with Crippen molar-refractivity contribution < 1.29 is 9.53 Å². The lowest BCUT2D eigenvalue weighted by molar-refractivity contribution is -0.116. The van der Waals surface area contributed by atoms with Gasteiger partial charge in [-0.05, 0) is 29.8 Å². The van der Waals surface area contributed by atoms with Gasteiger partial charge in [0, 0.05) is 13.6 Å². The van der Waals surface area contributed by atoms with Crippen molar-refractivity contribution in [1.29, 1.82) is 0 Å². The van der Waals surface area contributed by atoms with Crippen LogP contribution in [0.2, 0.25) is 0 Å². The molecule has 0 fully saturated rings. The number of hydrogen-bond donors (Lipinski definition) is 1. The van der Waals surface area contributed by atoms with Crippen molar-refractivity contribution in [2.24, 2.45) is 0 Å². The van der Waals surface area contributed by atoms with Crippen molar-refractivity contribution in [3.8, 4) is 5.75 Å². The molecule has 0 aliphatic rings. The van der Waals surface area contributed by atoms with E-state index in [4.69, 9.17) is 4.74 Å². The minimum absolute atomic E-state index is 0.121.